The summed E-state index contributed by atoms with van der Waals surface area (Å²) in [5.74, 6) is 0.731. The first-order valence-corrected chi connectivity index (χ1v) is 20.0. The van der Waals surface area contributed by atoms with Gasteiger partial charge in [-0.25, -0.2) is 19.6 Å². The topological polar surface area (TPSA) is 191 Å². The number of benzene rings is 1. The molecule has 4 atom stereocenters. The average Bonchev–Trinajstić information content (AvgIpc) is 4.01. The molecule has 56 heavy (non-hydrogen) atoms. The number of nitrogens with zero attached hydrogens (tertiary/aromatic N) is 5. The standard InChI is InChI=1S/C40H49N9O6S/c1-21(2)32(45-39(52)53)36(50)47-14-7-9-30(47)34-41-18-27(43-34)24-11-12-29(23(5)17-24)49-16-13-25-26(20-56-38(25)49)28-19-42-35(44-28)31-10-8-15-48(31)37(51)33(22(3)4)46-40(54)55-6/h11-13,16-22,30-33,45H,7-10,14-15H2,1-6H3,(H,41,43)(H,42,44)(H,46,54)(H,52,53)/t30?,31?,32-,33-/m0/s1. The van der Waals surface area contributed by atoms with Gasteiger partial charge in [0.25, 0.3) is 0 Å². The number of hydrogen-bond donors (Lipinski definition) is 5. The van der Waals surface area contributed by atoms with Gasteiger partial charge in [-0.1, -0.05) is 33.8 Å². The van der Waals surface area contributed by atoms with Gasteiger partial charge in [-0.15, -0.1) is 11.3 Å². The van der Waals surface area contributed by atoms with Crippen molar-refractivity contribution in [3.63, 3.8) is 0 Å². The first-order chi connectivity index (χ1) is 26.9. The van der Waals surface area contributed by atoms with E-state index in [9.17, 15) is 24.3 Å². The Kier molecular flexibility index (Phi) is 10.9. The van der Waals surface area contributed by atoms with E-state index < -0.39 is 24.3 Å². The van der Waals surface area contributed by atoms with E-state index in [1.165, 1.54) is 7.11 Å². The number of carbonyl (C=O) groups excluding carboxylic acids is 3. The lowest BCUT2D eigenvalue weighted by atomic mass is 10.0. The van der Waals surface area contributed by atoms with Crippen LogP contribution in [-0.2, 0) is 14.3 Å². The van der Waals surface area contributed by atoms with E-state index in [1.54, 1.807) is 22.4 Å². The normalized spacial score (nSPS) is 18.2. The van der Waals surface area contributed by atoms with Gasteiger partial charge in [0.05, 0.1) is 43.0 Å². The van der Waals surface area contributed by atoms with Crippen molar-refractivity contribution >= 4 is 45.6 Å². The lowest BCUT2D eigenvalue weighted by Gasteiger charge is -2.30. The minimum atomic E-state index is -1.21. The molecule has 2 saturated heterocycles. The molecule has 2 aliphatic heterocycles. The Labute approximate surface area is 328 Å². The van der Waals surface area contributed by atoms with Crippen LogP contribution in [0.1, 0.15) is 82.7 Å². The molecule has 5 N–H and O–H groups in total. The number of alkyl carbamates (subject to hydrolysis) is 1. The Hall–Kier alpha value is -5.64. The van der Waals surface area contributed by atoms with Crippen molar-refractivity contribution in [1.82, 2.24) is 44.9 Å². The molecule has 15 nitrogen and oxygen atoms in total. The number of H-pyrrole nitrogens is 2. The summed E-state index contributed by atoms with van der Waals surface area (Å²) in [4.78, 5) is 71.5. The molecule has 16 heteroatoms. The summed E-state index contributed by atoms with van der Waals surface area (Å²) in [5, 5.41) is 17.6. The number of nitrogens with one attached hydrogen (secondary N) is 4. The van der Waals surface area contributed by atoms with Crippen molar-refractivity contribution in [3.05, 3.63) is 65.4 Å². The van der Waals surface area contributed by atoms with Gasteiger partial charge < -0.3 is 44.8 Å². The maximum Gasteiger partial charge on any atom is 0.407 e. The minimum Gasteiger partial charge on any atom is -0.465 e. The molecular formula is C40H49N9O6S. The van der Waals surface area contributed by atoms with Crippen LogP contribution in [-0.4, -0.2) is 95.7 Å². The Morgan fingerprint density at radius 1 is 0.875 bits per heavy atom. The first-order valence-electron chi connectivity index (χ1n) is 19.1. The highest BCUT2D eigenvalue weighted by atomic mass is 32.1. The largest absolute Gasteiger partial charge is 0.465 e. The third kappa shape index (κ3) is 7.36. The van der Waals surface area contributed by atoms with Crippen LogP contribution in [0.15, 0.2) is 48.2 Å². The number of aromatic amines is 2. The number of methoxy groups -OCH3 is 1. The van der Waals surface area contributed by atoms with Gasteiger partial charge >= 0.3 is 12.2 Å². The zero-order valence-corrected chi connectivity index (χ0v) is 33.3. The molecule has 2 aliphatic rings. The van der Waals surface area contributed by atoms with Crippen molar-refractivity contribution in [2.45, 2.75) is 84.5 Å². The van der Waals surface area contributed by atoms with Crippen LogP contribution in [0.2, 0.25) is 0 Å². The number of ether oxygens (including phenoxy) is 1. The molecule has 6 heterocycles. The van der Waals surface area contributed by atoms with E-state index in [0.717, 1.165) is 75.5 Å². The summed E-state index contributed by atoms with van der Waals surface area (Å²) in [5.41, 5.74) is 5.82. The van der Waals surface area contributed by atoms with E-state index in [-0.39, 0.29) is 35.7 Å². The molecule has 2 fully saturated rings. The number of fused-ring (bicyclic) bond motifs is 1. The third-order valence-electron chi connectivity index (χ3n) is 11.0. The molecule has 5 aromatic rings. The predicted molar refractivity (Wildman–Crippen MR) is 212 cm³/mol. The molecule has 0 aliphatic carbocycles. The van der Waals surface area contributed by atoms with Gasteiger partial charge in [-0.2, -0.15) is 0 Å². The minimum absolute atomic E-state index is 0.113. The average molecular weight is 784 g/mol. The summed E-state index contributed by atoms with van der Waals surface area (Å²) in [6.07, 6.45) is 7.03. The van der Waals surface area contributed by atoms with Crippen LogP contribution in [0.3, 0.4) is 0 Å². The number of carboxylic acid groups (broad SMARTS) is 1. The Bertz CT molecular complexity index is 2250. The van der Waals surface area contributed by atoms with E-state index in [0.29, 0.717) is 18.9 Å². The molecule has 0 spiro atoms. The number of aromatic nitrogens is 5. The van der Waals surface area contributed by atoms with Gasteiger partial charge in [0.1, 0.15) is 28.6 Å². The summed E-state index contributed by atoms with van der Waals surface area (Å²) in [6, 6.07) is 6.39. The van der Waals surface area contributed by atoms with E-state index in [4.69, 9.17) is 9.72 Å². The summed E-state index contributed by atoms with van der Waals surface area (Å²) >= 11 is 1.65. The molecular weight excluding hydrogens is 735 g/mol. The van der Waals surface area contributed by atoms with Gasteiger partial charge in [0, 0.05) is 41.3 Å². The zero-order valence-electron chi connectivity index (χ0n) is 32.5. The summed E-state index contributed by atoms with van der Waals surface area (Å²) < 4.78 is 6.96. The van der Waals surface area contributed by atoms with Crippen molar-refractivity contribution in [2.24, 2.45) is 11.8 Å². The van der Waals surface area contributed by atoms with Crippen LogP contribution in [0.5, 0.6) is 0 Å². The smallest absolute Gasteiger partial charge is 0.407 e. The van der Waals surface area contributed by atoms with E-state index in [2.05, 4.69) is 72.9 Å². The highest BCUT2D eigenvalue weighted by Crippen LogP contribution is 2.39. The van der Waals surface area contributed by atoms with Crippen LogP contribution in [0.25, 0.3) is 38.4 Å². The number of amides is 4. The second-order valence-corrected chi connectivity index (χ2v) is 16.2. The molecule has 0 saturated carbocycles. The third-order valence-corrected chi connectivity index (χ3v) is 12.0. The second-order valence-electron chi connectivity index (χ2n) is 15.3. The lowest BCUT2D eigenvalue weighted by Crippen LogP contribution is -2.51. The maximum atomic E-state index is 13.6. The number of imidazole rings is 2. The lowest BCUT2D eigenvalue weighted by molar-refractivity contribution is -0.136. The predicted octanol–water partition coefficient (Wildman–Crippen LogP) is 6.78. The van der Waals surface area contributed by atoms with Crippen molar-refractivity contribution in [1.29, 1.82) is 0 Å². The number of aryl methyl sites for hydroxylation is 1. The number of thiophene rings is 1. The van der Waals surface area contributed by atoms with Crippen molar-refractivity contribution < 1.29 is 29.0 Å². The van der Waals surface area contributed by atoms with Gasteiger partial charge in [0.2, 0.25) is 11.8 Å². The monoisotopic (exact) mass is 783 g/mol. The molecule has 0 bridgehead atoms. The van der Waals surface area contributed by atoms with Gasteiger partial charge in [0.15, 0.2) is 0 Å². The van der Waals surface area contributed by atoms with Crippen molar-refractivity contribution in [2.75, 3.05) is 20.2 Å². The Morgan fingerprint density at radius 2 is 1.46 bits per heavy atom. The maximum absolute atomic E-state index is 13.6. The molecule has 2 unspecified atom stereocenters. The number of hydrogen-bond acceptors (Lipinski definition) is 8. The SMILES string of the molecule is COC(=O)N[C@H](C(=O)N1CCCC1c1ncc(-c2csc3c2ccn3-c2ccc(-c3cnc(C4CCCN4C(=O)[C@@H](NC(=O)O)C(C)C)[nH]3)cc2C)[nH]1)C(C)C. The quantitative estimate of drug-likeness (QED) is 0.0969. The van der Waals surface area contributed by atoms with E-state index >= 15 is 0 Å². The highest BCUT2D eigenvalue weighted by molar-refractivity contribution is 7.17. The van der Waals surface area contributed by atoms with Gasteiger partial charge in [-0.3, -0.25) is 9.59 Å². The van der Waals surface area contributed by atoms with Crippen LogP contribution in [0, 0.1) is 18.8 Å². The van der Waals surface area contributed by atoms with Crippen molar-refractivity contribution in [3.8, 4) is 28.2 Å². The molecule has 4 amide bonds. The van der Waals surface area contributed by atoms with Gasteiger partial charge in [-0.05, 0) is 73.8 Å². The first kappa shape index (κ1) is 38.6. The van der Waals surface area contributed by atoms with E-state index in [1.807, 2.05) is 38.8 Å². The van der Waals surface area contributed by atoms with Crippen LogP contribution >= 0.6 is 11.3 Å². The number of rotatable bonds is 11. The molecule has 296 valence electrons. The fourth-order valence-corrected chi connectivity index (χ4v) is 9.10. The second kappa shape index (κ2) is 15.8. The Morgan fingerprint density at radius 3 is 2.04 bits per heavy atom. The fraction of sp³-hybridized carbons (Fsp3) is 0.450. The summed E-state index contributed by atoms with van der Waals surface area (Å²) in [6.45, 7) is 10.7. The summed E-state index contributed by atoms with van der Waals surface area (Å²) in [7, 11) is 1.29. The Balaban J connectivity index is 1.08. The fourth-order valence-electron chi connectivity index (χ4n) is 8.04. The highest BCUT2D eigenvalue weighted by Gasteiger charge is 2.39. The molecule has 1 aromatic carbocycles. The zero-order chi connectivity index (χ0) is 39.8. The molecule has 7 rings (SSSR count). The molecule has 4 aromatic heterocycles. The number of carbonyl (C=O) groups is 4. The molecule has 0 radical (unpaired) electrons. The number of likely N-dealkylation sites (tertiary alicyclic amines) is 2. The van der Waals surface area contributed by atoms with Crippen LogP contribution in [0.4, 0.5) is 9.59 Å². The van der Waals surface area contributed by atoms with Crippen LogP contribution < -0.4 is 10.6 Å².